The molecule has 0 bridgehead atoms. The lowest BCUT2D eigenvalue weighted by atomic mass is 10.2. The number of hydrogen-bond acceptors (Lipinski definition) is 7. The summed E-state index contributed by atoms with van der Waals surface area (Å²) < 4.78 is 15.4. The molecule has 3 aromatic rings. The molecule has 8 heteroatoms. The number of benzene rings is 2. The van der Waals surface area contributed by atoms with Crippen LogP contribution in [-0.4, -0.2) is 29.3 Å². The van der Waals surface area contributed by atoms with Crippen LogP contribution in [0.4, 0.5) is 5.69 Å². The van der Waals surface area contributed by atoms with E-state index >= 15 is 0 Å². The predicted molar refractivity (Wildman–Crippen MR) is 84.9 cm³/mol. The number of nitro benzene ring substituents is 1. The molecule has 122 valence electrons. The third-order valence-corrected chi connectivity index (χ3v) is 3.38. The first-order chi connectivity index (χ1) is 11.6. The van der Waals surface area contributed by atoms with E-state index in [2.05, 4.69) is 10.1 Å². The number of hydrogen-bond donors (Lipinski definition) is 0. The molecular formula is C16H13N3O5. The number of aromatic nitrogens is 2. The van der Waals surface area contributed by atoms with Crippen molar-refractivity contribution in [2.45, 2.75) is 0 Å². The quantitative estimate of drug-likeness (QED) is 0.523. The summed E-state index contributed by atoms with van der Waals surface area (Å²) in [5.41, 5.74) is 0.979. The predicted octanol–water partition coefficient (Wildman–Crippen LogP) is 3.33. The fraction of sp³-hybridized carbons (Fsp3) is 0.125. The molecule has 0 fully saturated rings. The highest BCUT2D eigenvalue weighted by Crippen LogP contribution is 2.32. The topological polar surface area (TPSA) is 101 Å². The molecule has 0 saturated carbocycles. The number of methoxy groups -OCH3 is 2. The van der Waals surface area contributed by atoms with E-state index in [4.69, 9.17) is 14.0 Å². The Morgan fingerprint density at radius 2 is 1.92 bits per heavy atom. The smallest absolute Gasteiger partial charge is 0.311 e. The van der Waals surface area contributed by atoms with Crippen LogP contribution in [0.15, 0.2) is 47.0 Å². The maximum absolute atomic E-state index is 11.1. The molecule has 1 aromatic heterocycles. The molecule has 0 N–H and O–H groups in total. The highest BCUT2D eigenvalue weighted by atomic mass is 16.6. The van der Waals surface area contributed by atoms with E-state index in [1.807, 2.05) is 12.1 Å². The van der Waals surface area contributed by atoms with Gasteiger partial charge in [-0.2, -0.15) is 4.98 Å². The third-order valence-electron chi connectivity index (χ3n) is 3.38. The van der Waals surface area contributed by atoms with Crippen LogP contribution in [0, 0.1) is 10.1 Å². The van der Waals surface area contributed by atoms with E-state index < -0.39 is 4.92 Å². The first-order valence-corrected chi connectivity index (χ1v) is 6.93. The van der Waals surface area contributed by atoms with Gasteiger partial charge in [-0.1, -0.05) is 17.3 Å². The maximum Gasteiger partial charge on any atom is 0.311 e. The summed E-state index contributed by atoms with van der Waals surface area (Å²) in [5.74, 6) is 1.37. The molecule has 0 amide bonds. The van der Waals surface area contributed by atoms with Crippen LogP contribution in [0.5, 0.6) is 11.5 Å². The molecule has 0 saturated heterocycles. The Labute approximate surface area is 136 Å². The van der Waals surface area contributed by atoms with Crippen molar-refractivity contribution in [3.05, 3.63) is 52.6 Å². The fourth-order valence-corrected chi connectivity index (χ4v) is 2.19. The van der Waals surface area contributed by atoms with Crippen molar-refractivity contribution in [3.63, 3.8) is 0 Å². The molecule has 0 unspecified atom stereocenters. The second-order valence-electron chi connectivity index (χ2n) is 4.80. The molecule has 0 aliphatic rings. The zero-order chi connectivity index (χ0) is 17.1. The SMILES string of the molecule is COc1cccc(-c2noc(-c3ccc(OC)c([N+](=O)[O-])c3)n2)c1. The zero-order valence-electron chi connectivity index (χ0n) is 12.9. The van der Waals surface area contributed by atoms with Crippen LogP contribution < -0.4 is 9.47 Å². The van der Waals surface area contributed by atoms with E-state index in [0.29, 0.717) is 22.7 Å². The molecule has 0 spiro atoms. The summed E-state index contributed by atoms with van der Waals surface area (Å²) >= 11 is 0. The van der Waals surface area contributed by atoms with Crippen LogP contribution in [0.3, 0.4) is 0 Å². The number of ether oxygens (including phenoxy) is 2. The summed E-state index contributed by atoms with van der Waals surface area (Å²) in [7, 11) is 2.94. The highest BCUT2D eigenvalue weighted by molar-refractivity contribution is 5.65. The van der Waals surface area contributed by atoms with Crippen molar-refractivity contribution in [1.82, 2.24) is 10.1 Å². The van der Waals surface area contributed by atoms with Gasteiger partial charge in [0.05, 0.1) is 19.1 Å². The fourth-order valence-electron chi connectivity index (χ4n) is 2.19. The van der Waals surface area contributed by atoms with Crippen molar-refractivity contribution in [2.24, 2.45) is 0 Å². The summed E-state index contributed by atoms with van der Waals surface area (Å²) in [4.78, 5) is 14.9. The van der Waals surface area contributed by atoms with E-state index in [1.165, 1.54) is 19.2 Å². The minimum Gasteiger partial charge on any atom is -0.497 e. The standard InChI is InChI=1S/C16H13N3O5/c1-22-12-5-3-4-10(8-12)15-17-16(24-18-15)11-6-7-14(23-2)13(9-11)19(20)21/h3-9H,1-2H3. The van der Waals surface area contributed by atoms with Crippen LogP contribution in [-0.2, 0) is 0 Å². The molecule has 0 aliphatic heterocycles. The number of rotatable bonds is 5. The Balaban J connectivity index is 1.98. The Bertz CT molecular complexity index is 891. The Morgan fingerprint density at radius 1 is 1.08 bits per heavy atom. The van der Waals surface area contributed by atoms with Gasteiger partial charge in [0, 0.05) is 17.2 Å². The molecule has 0 atom stereocenters. The first-order valence-electron chi connectivity index (χ1n) is 6.93. The molecule has 2 aromatic carbocycles. The van der Waals surface area contributed by atoms with E-state index in [-0.39, 0.29) is 17.3 Å². The molecule has 0 radical (unpaired) electrons. The Morgan fingerprint density at radius 3 is 2.62 bits per heavy atom. The summed E-state index contributed by atoms with van der Waals surface area (Å²) in [6.07, 6.45) is 0. The van der Waals surface area contributed by atoms with Gasteiger partial charge in [0.25, 0.3) is 5.89 Å². The normalized spacial score (nSPS) is 10.4. The van der Waals surface area contributed by atoms with E-state index in [1.54, 1.807) is 25.3 Å². The monoisotopic (exact) mass is 327 g/mol. The summed E-state index contributed by atoms with van der Waals surface area (Å²) in [6, 6.07) is 11.6. The molecule has 0 aliphatic carbocycles. The largest absolute Gasteiger partial charge is 0.497 e. The van der Waals surface area contributed by atoms with Crippen molar-refractivity contribution in [1.29, 1.82) is 0 Å². The summed E-state index contributed by atoms with van der Waals surface area (Å²) in [5, 5.41) is 15.0. The van der Waals surface area contributed by atoms with Crippen molar-refractivity contribution in [3.8, 4) is 34.3 Å². The lowest BCUT2D eigenvalue weighted by molar-refractivity contribution is -0.385. The van der Waals surface area contributed by atoms with Crippen LogP contribution in [0.25, 0.3) is 22.8 Å². The Kier molecular flexibility index (Phi) is 4.11. The van der Waals surface area contributed by atoms with Gasteiger partial charge in [0.15, 0.2) is 5.75 Å². The molecular weight excluding hydrogens is 314 g/mol. The van der Waals surface area contributed by atoms with Gasteiger partial charge in [-0.3, -0.25) is 10.1 Å². The lowest BCUT2D eigenvalue weighted by Crippen LogP contribution is -1.94. The van der Waals surface area contributed by atoms with Gasteiger partial charge >= 0.3 is 5.69 Å². The molecule has 1 heterocycles. The van der Waals surface area contributed by atoms with Gasteiger partial charge in [-0.15, -0.1) is 0 Å². The van der Waals surface area contributed by atoms with Crippen molar-refractivity contribution in [2.75, 3.05) is 14.2 Å². The second kappa shape index (κ2) is 6.37. The molecule has 3 rings (SSSR count). The minimum absolute atomic E-state index is 0.163. The second-order valence-corrected chi connectivity index (χ2v) is 4.80. The van der Waals surface area contributed by atoms with Crippen LogP contribution >= 0.6 is 0 Å². The first kappa shape index (κ1) is 15.5. The zero-order valence-corrected chi connectivity index (χ0v) is 12.9. The van der Waals surface area contributed by atoms with Gasteiger partial charge in [-0.25, -0.2) is 0 Å². The van der Waals surface area contributed by atoms with Gasteiger partial charge in [0.1, 0.15) is 5.75 Å². The van der Waals surface area contributed by atoms with Crippen molar-refractivity contribution >= 4 is 5.69 Å². The Hall–Kier alpha value is -3.42. The lowest BCUT2D eigenvalue weighted by Gasteiger charge is -2.02. The highest BCUT2D eigenvalue weighted by Gasteiger charge is 2.19. The van der Waals surface area contributed by atoms with Crippen molar-refractivity contribution < 1.29 is 18.9 Å². The van der Waals surface area contributed by atoms with Crippen LogP contribution in [0.1, 0.15) is 0 Å². The van der Waals surface area contributed by atoms with Gasteiger partial charge in [-0.05, 0) is 24.3 Å². The summed E-state index contributed by atoms with van der Waals surface area (Å²) in [6.45, 7) is 0. The number of nitro groups is 1. The van der Waals surface area contributed by atoms with E-state index in [0.717, 1.165) is 0 Å². The van der Waals surface area contributed by atoms with Gasteiger partial charge < -0.3 is 14.0 Å². The number of nitrogens with zero attached hydrogens (tertiary/aromatic N) is 3. The average Bonchev–Trinajstić information content (AvgIpc) is 3.11. The minimum atomic E-state index is -0.526. The molecule has 8 nitrogen and oxygen atoms in total. The van der Waals surface area contributed by atoms with Crippen LogP contribution in [0.2, 0.25) is 0 Å². The average molecular weight is 327 g/mol. The van der Waals surface area contributed by atoms with Gasteiger partial charge in [0.2, 0.25) is 5.82 Å². The van der Waals surface area contributed by atoms with E-state index in [9.17, 15) is 10.1 Å². The molecule has 24 heavy (non-hydrogen) atoms. The third kappa shape index (κ3) is 2.89. The maximum atomic E-state index is 11.1.